The molecule has 1 atom stereocenters. The van der Waals surface area contributed by atoms with Crippen LogP contribution >= 0.6 is 0 Å². The first-order valence-electron chi connectivity index (χ1n) is 8.68. The molecular formula is C16H30N2O4S. The van der Waals surface area contributed by atoms with Gasteiger partial charge in [0.05, 0.1) is 11.9 Å². The second kappa shape index (κ2) is 8.44. The number of hydrogen-bond donors (Lipinski definition) is 0. The van der Waals surface area contributed by atoms with Crippen LogP contribution in [0.5, 0.6) is 0 Å². The highest BCUT2D eigenvalue weighted by molar-refractivity contribution is 7.92. The van der Waals surface area contributed by atoms with Crippen molar-refractivity contribution in [3.63, 3.8) is 0 Å². The number of carbonyl (C=O) groups excluding carboxylic acids is 1. The van der Waals surface area contributed by atoms with E-state index in [0.717, 1.165) is 45.5 Å². The van der Waals surface area contributed by atoms with E-state index < -0.39 is 9.84 Å². The highest BCUT2D eigenvalue weighted by atomic mass is 32.2. The number of carbonyl (C=O) groups is 1. The standard InChI is InChI=1S/C16H30N2O4S/c1-14(2)12-23(20,21)13-16(19)18-7-4-6-17(8-9-18)11-15-5-3-10-22-15/h14-15H,3-13H2,1-2H3. The highest BCUT2D eigenvalue weighted by Gasteiger charge is 2.26. The molecule has 134 valence electrons. The van der Waals surface area contributed by atoms with Crippen LogP contribution in [0.25, 0.3) is 0 Å². The maximum Gasteiger partial charge on any atom is 0.237 e. The van der Waals surface area contributed by atoms with Crippen LogP contribution in [0, 0.1) is 5.92 Å². The Morgan fingerprint density at radius 3 is 2.61 bits per heavy atom. The molecule has 0 aromatic heterocycles. The average Bonchev–Trinajstić information content (AvgIpc) is 2.81. The maximum atomic E-state index is 12.3. The molecule has 2 rings (SSSR count). The van der Waals surface area contributed by atoms with Gasteiger partial charge in [0.25, 0.3) is 0 Å². The number of nitrogens with zero attached hydrogens (tertiary/aromatic N) is 2. The predicted octanol–water partition coefficient (Wildman–Crippen LogP) is 0.771. The van der Waals surface area contributed by atoms with Crippen molar-refractivity contribution >= 4 is 15.7 Å². The van der Waals surface area contributed by atoms with Crippen LogP contribution in [-0.4, -0.2) is 81.1 Å². The molecule has 2 aliphatic heterocycles. The SMILES string of the molecule is CC(C)CS(=O)(=O)CC(=O)N1CCCN(CC2CCCO2)CC1. The van der Waals surface area contributed by atoms with Gasteiger partial charge in [-0.25, -0.2) is 8.42 Å². The molecule has 0 spiro atoms. The average molecular weight is 346 g/mol. The van der Waals surface area contributed by atoms with Gasteiger partial charge in [-0.2, -0.15) is 0 Å². The molecule has 7 heteroatoms. The van der Waals surface area contributed by atoms with Crippen LogP contribution in [-0.2, 0) is 19.4 Å². The lowest BCUT2D eigenvalue weighted by Gasteiger charge is -2.24. The van der Waals surface area contributed by atoms with Crippen molar-refractivity contribution < 1.29 is 17.9 Å². The minimum Gasteiger partial charge on any atom is -0.377 e. The molecule has 0 bridgehead atoms. The Morgan fingerprint density at radius 1 is 1.17 bits per heavy atom. The van der Waals surface area contributed by atoms with Gasteiger partial charge in [0.2, 0.25) is 5.91 Å². The second-order valence-corrected chi connectivity index (χ2v) is 9.23. The molecule has 1 unspecified atom stereocenters. The highest BCUT2D eigenvalue weighted by Crippen LogP contribution is 2.15. The molecule has 2 fully saturated rings. The van der Waals surface area contributed by atoms with E-state index in [1.165, 1.54) is 0 Å². The van der Waals surface area contributed by atoms with E-state index in [2.05, 4.69) is 4.90 Å². The summed E-state index contributed by atoms with van der Waals surface area (Å²) in [7, 11) is -3.30. The molecule has 0 aromatic carbocycles. The lowest BCUT2D eigenvalue weighted by molar-refractivity contribution is -0.128. The van der Waals surface area contributed by atoms with Gasteiger partial charge in [0, 0.05) is 32.8 Å². The summed E-state index contributed by atoms with van der Waals surface area (Å²) in [5.41, 5.74) is 0. The summed E-state index contributed by atoms with van der Waals surface area (Å²) in [6.07, 6.45) is 3.47. The van der Waals surface area contributed by atoms with Crippen molar-refractivity contribution in [3.8, 4) is 0 Å². The van der Waals surface area contributed by atoms with Crippen LogP contribution < -0.4 is 0 Å². The zero-order valence-electron chi connectivity index (χ0n) is 14.4. The van der Waals surface area contributed by atoms with Crippen LogP contribution in [0.2, 0.25) is 0 Å². The summed E-state index contributed by atoms with van der Waals surface area (Å²) in [5.74, 6) is -0.460. The maximum absolute atomic E-state index is 12.3. The van der Waals surface area contributed by atoms with Crippen molar-refractivity contribution in [2.75, 3.05) is 50.8 Å². The molecule has 0 saturated carbocycles. The number of amides is 1. The summed E-state index contributed by atoms with van der Waals surface area (Å²) >= 11 is 0. The van der Waals surface area contributed by atoms with E-state index in [1.807, 2.05) is 13.8 Å². The Balaban J connectivity index is 1.81. The van der Waals surface area contributed by atoms with Crippen molar-refractivity contribution in [1.82, 2.24) is 9.80 Å². The van der Waals surface area contributed by atoms with Gasteiger partial charge in [-0.3, -0.25) is 9.69 Å². The van der Waals surface area contributed by atoms with Crippen molar-refractivity contribution in [3.05, 3.63) is 0 Å². The van der Waals surface area contributed by atoms with Crippen LogP contribution in [0.4, 0.5) is 0 Å². The third-order valence-electron chi connectivity index (χ3n) is 4.36. The van der Waals surface area contributed by atoms with E-state index in [9.17, 15) is 13.2 Å². The molecule has 1 amide bonds. The molecule has 23 heavy (non-hydrogen) atoms. The summed E-state index contributed by atoms with van der Waals surface area (Å²) < 4.78 is 29.7. The van der Waals surface area contributed by atoms with Gasteiger partial charge in [-0.05, 0) is 31.7 Å². The molecule has 6 nitrogen and oxygen atoms in total. The molecule has 2 saturated heterocycles. The third-order valence-corrected chi connectivity index (χ3v) is 6.22. The first-order valence-corrected chi connectivity index (χ1v) is 10.5. The van der Waals surface area contributed by atoms with Crippen molar-refractivity contribution in [1.29, 1.82) is 0 Å². The van der Waals surface area contributed by atoms with Gasteiger partial charge in [0.1, 0.15) is 5.75 Å². The quantitative estimate of drug-likeness (QED) is 0.711. The largest absolute Gasteiger partial charge is 0.377 e. The zero-order chi connectivity index (χ0) is 16.9. The fraction of sp³-hybridized carbons (Fsp3) is 0.938. The minimum absolute atomic E-state index is 0.0545. The Kier molecular flexibility index (Phi) is 6.85. The Hall–Kier alpha value is -0.660. The van der Waals surface area contributed by atoms with E-state index in [0.29, 0.717) is 19.2 Å². The molecule has 2 heterocycles. The molecule has 0 aromatic rings. The lowest BCUT2D eigenvalue weighted by Crippen LogP contribution is -2.40. The number of hydrogen-bond acceptors (Lipinski definition) is 5. The van der Waals surface area contributed by atoms with E-state index in [-0.39, 0.29) is 23.3 Å². The molecule has 0 radical (unpaired) electrons. The summed E-state index contributed by atoms with van der Waals surface area (Å²) in [5, 5.41) is 0. The van der Waals surface area contributed by atoms with Gasteiger partial charge in [-0.15, -0.1) is 0 Å². The van der Waals surface area contributed by atoms with Gasteiger partial charge < -0.3 is 9.64 Å². The second-order valence-electron chi connectivity index (χ2n) is 7.12. The number of ether oxygens (including phenoxy) is 1. The predicted molar refractivity (Wildman–Crippen MR) is 90.1 cm³/mol. The van der Waals surface area contributed by atoms with E-state index in [4.69, 9.17) is 4.74 Å². The number of sulfone groups is 1. The minimum atomic E-state index is -3.30. The third kappa shape index (κ3) is 6.39. The Morgan fingerprint density at radius 2 is 1.96 bits per heavy atom. The van der Waals surface area contributed by atoms with Gasteiger partial charge >= 0.3 is 0 Å². The Labute approximate surface area is 140 Å². The topological polar surface area (TPSA) is 66.9 Å². The molecule has 0 aliphatic carbocycles. The summed E-state index contributed by atoms with van der Waals surface area (Å²) in [6, 6.07) is 0. The molecule has 2 aliphatic rings. The van der Waals surface area contributed by atoms with E-state index >= 15 is 0 Å². The van der Waals surface area contributed by atoms with Crippen LogP contribution in [0.3, 0.4) is 0 Å². The normalized spacial score (nSPS) is 24.1. The van der Waals surface area contributed by atoms with E-state index in [1.54, 1.807) is 4.90 Å². The van der Waals surface area contributed by atoms with Gasteiger partial charge in [0.15, 0.2) is 9.84 Å². The zero-order valence-corrected chi connectivity index (χ0v) is 15.2. The van der Waals surface area contributed by atoms with Gasteiger partial charge in [-0.1, -0.05) is 13.8 Å². The van der Waals surface area contributed by atoms with Crippen molar-refractivity contribution in [2.24, 2.45) is 5.92 Å². The summed E-state index contributed by atoms with van der Waals surface area (Å²) in [4.78, 5) is 16.4. The monoisotopic (exact) mass is 346 g/mol. The molecule has 0 N–H and O–H groups in total. The van der Waals surface area contributed by atoms with Crippen molar-refractivity contribution in [2.45, 2.75) is 39.2 Å². The Bertz CT molecular complexity index is 486. The first kappa shape index (κ1) is 18.7. The van der Waals surface area contributed by atoms with Crippen LogP contribution in [0.1, 0.15) is 33.1 Å². The smallest absolute Gasteiger partial charge is 0.237 e. The fourth-order valence-corrected chi connectivity index (χ4v) is 5.02. The molecular weight excluding hydrogens is 316 g/mol. The lowest BCUT2D eigenvalue weighted by atomic mass is 10.2. The number of rotatable bonds is 6. The first-order chi connectivity index (χ1) is 10.9. The fourth-order valence-electron chi connectivity index (χ4n) is 3.33. The van der Waals surface area contributed by atoms with Crippen LogP contribution in [0.15, 0.2) is 0 Å². The summed E-state index contributed by atoms with van der Waals surface area (Å²) in [6.45, 7) is 8.51.